The van der Waals surface area contributed by atoms with Gasteiger partial charge < -0.3 is 4.40 Å². The lowest BCUT2D eigenvalue weighted by molar-refractivity contribution is 1.15. The maximum absolute atomic E-state index is 6.11. The molecule has 3 aromatic rings. The fraction of sp³-hybridized carbons (Fsp3) is 0.167. The van der Waals surface area contributed by atoms with Gasteiger partial charge in [-0.05, 0) is 13.0 Å². The zero-order chi connectivity index (χ0) is 13.4. The largest absolute Gasteiger partial charge is 0.304 e. The Bertz CT molecular complexity index is 736. The summed E-state index contributed by atoms with van der Waals surface area (Å²) >= 11 is 15.4. The lowest BCUT2D eigenvalue weighted by atomic mass is 10.5. The third-order valence-corrected chi connectivity index (χ3v) is 5.12. The lowest BCUT2D eigenvalue weighted by Crippen LogP contribution is -1.82. The predicted molar refractivity (Wildman–Crippen MR) is 81.6 cm³/mol. The topological polar surface area (TPSA) is 30.2 Å². The summed E-state index contributed by atoms with van der Waals surface area (Å²) < 4.78 is 2.91. The van der Waals surface area contributed by atoms with Crippen LogP contribution in [0.4, 0.5) is 0 Å². The average molecular weight is 330 g/mol. The molecule has 19 heavy (non-hydrogen) atoms. The first-order valence-electron chi connectivity index (χ1n) is 5.49. The number of imidazole rings is 1. The highest BCUT2D eigenvalue weighted by Crippen LogP contribution is 2.27. The van der Waals surface area contributed by atoms with E-state index in [2.05, 4.69) is 9.97 Å². The summed E-state index contributed by atoms with van der Waals surface area (Å²) in [5.74, 6) is 0.766. The van der Waals surface area contributed by atoms with Crippen LogP contribution in [0.3, 0.4) is 0 Å². The molecule has 0 aromatic carbocycles. The Labute approximate surface area is 128 Å². The number of hydrogen-bond donors (Lipinski definition) is 0. The molecule has 3 rings (SSSR count). The zero-order valence-corrected chi connectivity index (χ0v) is 13.1. The molecular formula is C12H9Cl2N3S2. The van der Waals surface area contributed by atoms with Gasteiger partial charge in [0.15, 0.2) is 5.65 Å². The Balaban J connectivity index is 1.83. The average Bonchev–Trinajstić information content (AvgIpc) is 2.92. The zero-order valence-electron chi connectivity index (χ0n) is 9.93. The molecule has 0 aliphatic heterocycles. The normalized spacial score (nSPS) is 11.3. The SMILES string of the molecule is Cc1csc(SCc2cn3cc(Cl)cc(Cl)c3n2)n1. The lowest BCUT2D eigenvalue weighted by Gasteiger charge is -1.95. The molecule has 0 fully saturated rings. The van der Waals surface area contributed by atoms with Gasteiger partial charge in [-0.25, -0.2) is 9.97 Å². The van der Waals surface area contributed by atoms with E-state index in [4.69, 9.17) is 23.2 Å². The van der Waals surface area contributed by atoms with E-state index in [1.807, 2.05) is 22.9 Å². The minimum absolute atomic E-state index is 0.564. The highest BCUT2D eigenvalue weighted by atomic mass is 35.5. The van der Waals surface area contributed by atoms with Gasteiger partial charge in [0.05, 0.1) is 15.7 Å². The van der Waals surface area contributed by atoms with Crippen molar-refractivity contribution in [2.24, 2.45) is 0 Å². The van der Waals surface area contributed by atoms with E-state index in [1.165, 1.54) is 0 Å². The van der Waals surface area contributed by atoms with Gasteiger partial charge in [0.1, 0.15) is 4.34 Å². The van der Waals surface area contributed by atoms with Gasteiger partial charge in [-0.15, -0.1) is 11.3 Å². The molecule has 0 atom stereocenters. The summed E-state index contributed by atoms with van der Waals surface area (Å²) in [5, 5.41) is 3.21. The van der Waals surface area contributed by atoms with Crippen LogP contribution in [0, 0.1) is 6.92 Å². The Kier molecular flexibility index (Phi) is 3.71. The molecule has 0 saturated heterocycles. The quantitative estimate of drug-likeness (QED) is 0.652. The number of thioether (sulfide) groups is 1. The van der Waals surface area contributed by atoms with E-state index in [-0.39, 0.29) is 0 Å². The van der Waals surface area contributed by atoms with Gasteiger partial charge in [0, 0.05) is 29.2 Å². The maximum Gasteiger partial charge on any atom is 0.155 e. The Morgan fingerprint density at radius 2 is 2.16 bits per heavy atom. The first-order valence-corrected chi connectivity index (χ1v) is 8.11. The Morgan fingerprint density at radius 1 is 1.32 bits per heavy atom. The number of aryl methyl sites for hydroxylation is 1. The molecule has 3 nitrogen and oxygen atoms in total. The van der Waals surface area contributed by atoms with E-state index in [0.717, 1.165) is 27.1 Å². The van der Waals surface area contributed by atoms with Crippen molar-refractivity contribution in [2.75, 3.05) is 0 Å². The Hall–Kier alpha value is -0.750. The fourth-order valence-electron chi connectivity index (χ4n) is 1.68. The highest BCUT2D eigenvalue weighted by molar-refractivity contribution is 8.00. The number of hydrogen-bond acceptors (Lipinski definition) is 4. The van der Waals surface area contributed by atoms with E-state index in [9.17, 15) is 0 Å². The van der Waals surface area contributed by atoms with Crippen LogP contribution in [0.2, 0.25) is 10.0 Å². The van der Waals surface area contributed by atoms with Gasteiger partial charge in [0.2, 0.25) is 0 Å². The molecule has 0 unspecified atom stereocenters. The molecule has 0 bridgehead atoms. The van der Waals surface area contributed by atoms with Gasteiger partial charge in [-0.1, -0.05) is 35.0 Å². The second-order valence-corrected chi connectivity index (χ2v) is 6.94. The van der Waals surface area contributed by atoms with Gasteiger partial charge in [-0.2, -0.15) is 0 Å². The molecule has 0 radical (unpaired) electrons. The van der Waals surface area contributed by atoms with Crippen molar-refractivity contribution in [1.82, 2.24) is 14.4 Å². The summed E-state index contributed by atoms with van der Waals surface area (Å²) in [4.78, 5) is 8.91. The van der Waals surface area contributed by atoms with Crippen molar-refractivity contribution in [1.29, 1.82) is 0 Å². The fourth-order valence-corrected chi connectivity index (χ4v) is 3.94. The smallest absolute Gasteiger partial charge is 0.155 e. The van der Waals surface area contributed by atoms with E-state index in [0.29, 0.717) is 10.0 Å². The second kappa shape index (κ2) is 5.32. The molecule has 0 saturated carbocycles. The third kappa shape index (κ3) is 2.89. The summed E-state index contributed by atoms with van der Waals surface area (Å²) in [6.07, 6.45) is 3.75. The number of halogens is 2. The van der Waals surface area contributed by atoms with Gasteiger partial charge in [-0.3, -0.25) is 0 Å². The van der Waals surface area contributed by atoms with E-state index < -0.39 is 0 Å². The number of fused-ring (bicyclic) bond motifs is 1. The summed E-state index contributed by atoms with van der Waals surface area (Å²) in [7, 11) is 0. The minimum Gasteiger partial charge on any atom is -0.304 e. The second-order valence-electron chi connectivity index (χ2n) is 4.01. The monoisotopic (exact) mass is 329 g/mol. The van der Waals surface area contributed by atoms with Crippen molar-refractivity contribution < 1.29 is 0 Å². The number of nitrogens with zero attached hydrogens (tertiary/aromatic N) is 3. The van der Waals surface area contributed by atoms with Crippen LogP contribution >= 0.6 is 46.3 Å². The maximum atomic E-state index is 6.11. The summed E-state index contributed by atoms with van der Waals surface area (Å²) in [5.41, 5.74) is 2.75. The number of thiazole rings is 1. The molecular weight excluding hydrogens is 321 g/mol. The van der Waals surface area contributed by atoms with E-state index >= 15 is 0 Å². The number of rotatable bonds is 3. The summed E-state index contributed by atoms with van der Waals surface area (Å²) in [6, 6.07) is 1.70. The Morgan fingerprint density at radius 3 is 2.89 bits per heavy atom. The predicted octanol–water partition coefficient (Wildman–Crippen LogP) is 4.70. The van der Waals surface area contributed by atoms with Crippen LogP contribution in [0.5, 0.6) is 0 Å². The van der Waals surface area contributed by atoms with Crippen LogP contribution < -0.4 is 0 Å². The van der Waals surface area contributed by atoms with Crippen LogP contribution in [0.15, 0.2) is 28.2 Å². The first kappa shape index (κ1) is 13.2. The van der Waals surface area contributed by atoms with Crippen molar-refractivity contribution in [3.05, 3.63) is 45.3 Å². The van der Waals surface area contributed by atoms with Crippen molar-refractivity contribution in [2.45, 2.75) is 17.0 Å². The molecule has 0 N–H and O–H groups in total. The van der Waals surface area contributed by atoms with Crippen LogP contribution in [0.25, 0.3) is 5.65 Å². The molecule has 3 heterocycles. The van der Waals surface area contributed by atoms with Crippen molar-refractivity contribution in [3.8, 4) is 0 Å². The van der Waals surface area contributed by atoms with Crippen molar-refractivity contribution in [3.63, 3.8) is 0 Å². The van der Waals surface area contributed by atoms with E-state index in [1.54, 1.807) is 35.4 Å². The minimum atomic E-state index is 0.564. The highest BCUT2D eigenvalue weighted by Gasteiger charge is 2.08. The number of pyridine rings is 1. The van der Waals surface area contributed by atoms with Crippen LogP contribution in [0.1, 0.15) is 11.4 Å². The first-order chi connectivity index (χ1) is 9.11. The molecule has 3 aromatic heterocycles. The molecule has 0 amide bonds. The molecule has 98 valence electrons. The van der Waals surface area contributed by atoms with Gasteiger partial charge >= 0.3 is 0 Å². The van der Waals surface area contributed by atoms with Crippen molar-refractivity contribution >= 4 is 51.9 Å². The van der Waals surface area contributed by atoms with Crippen LogP contribution in [-0.2, 0) is 5.75 Å². The third-order valence-electron chi connectivity index (χ3n) is 2.46. The van der Waals surface area contributed by atoms with Gasteiger partial charge in [0.25, 0.3) is 0 Å². The number of aromatic nitrogens is 3. The summed E-state index contributed by atoms with van der Waals surface area (Å²) in [6.45, 7) is 1.99. The molecule has 7 heteroatoms. The van der Waals surface area contributed by atoms with Crippen LogP contribution in [-0.4, -0.2) is 14.4 Å². The molecule has 0 spiro atoms. The molecule has 0 aliphatic carbocycles. The standard InChI is InChI=1S/C12H9Cl2N3S2/c1-7-5-18-12(15-7)19-6-9-4-17-3-8(13)2-10(14)11(17)16-9/h2-5H,6H2,1H3. The molecule has 0 aliphatic rings.